The van der Waals surface area contributed by atoms with Crippen LogP contribution >= 0.6 is 0 Å². The zero-order valence-corrected chi connectivity index (χ0v) is 13.2. The van der Waals surface area contributed by atoms with Crippen LogP contribution < -0.4 is 5.32 Å². The van der Waals surface area contributed by atoms with E-state index >= 15 is 0 Å². The molecule has 21 heavy (non-hydrogen) atoms. The number of halogens is 3. The van der Waals surface area contributed by atoms with Crippen molar-refractivity contribution in [2.75, 3.05) is 6.54 Å². The Hall–Kier alpha value is -0.250. The highest BCUT2D eigenvalue weighted by molar-refractivity contribution is 4.86. The molecule has 124 valence electrons. The van der Waals surface area contributed by atoms with Gasteiger partial charge in [-0.3, -0.25) is 0 Å². The molecule has 0 spiro atoms. The fraction of sp³-hybridized carbons (Fsp3) is 1.00. The van der Waals surface area contributed by atoms with Gasteiger partial charge in [-0.15, -0.1) is 0 Å². The van der Waals surface area contributed by atoms with Crippen LogP contribution in [0, 0.1) is 17.8 Å². The second-order valence-corrected chi connectivity index (χ2v) is 7.10. The second kappa shape index (κ2) is 7.85. The quantitative estimate of drug-likeness (QED) is 0.702. The highest BCUT2D eigenvalue weighted by Gasteiger charge is 2.42. The van der Waals surface area contributed by atoms with Crippen LogP contribution in [-0.2, 0) is 0 Å². The van der Waals surface area contributed by atoms with E-state index in [0.29, 0.717) is 24.8 Å². The summed E-state index contributed by atoms with van der Waals surface area (Å²) in [6.45, 7) is 3.15. The summed E-state index contributed by atoms with van der Waals surface area (Å²) >= 11 is 0. The molecule has 1 nitrogen and oxygen atoms in total. The van der Waals surface area contributed by atoms with Crippen LogP contribution in [-0.4, -0.2) is 18.8 Å². The van der Waals surface area contributed by atoms with Gasteiger partial charge in [0.05, 0.1) is 5.92 Å². The fourth-order valence-corrected chi connectivity index (χ4v) is 4.23. The first-order valence-electron chi connectivity index (χ1n) is 8.80. The number of hydrogen-bond donors (Lipinski definition) is 1. The molecule has 0 aromatic carbocycles. The summed E-state index contributed by atoms with van der Waals surface area (Å²) in [6.07, 6.45) is 5.79. The maximum atomic E-state index is 12.8. The number of hydrogen-bond acceptors (Lipinski definition) is 1. The SMILES string of the molecule is CCCNC(CC1CCCC1)C1CCC(C(F)(F)F)CC1. The van der Waals surface area contributed by atoms with Crippen molar-refractivity contribution in [3.8, 4) is 0 Å². The molecule has 0 aromatic heterocycles. The lowest BCUT2D eigenvalue weighted by Crippen LogP contribution is -2.41. The molecule has 0 aliphatic heterocycles. The predicted octanol–water partition coefficient (Wildman–Crippen LogP) is 5.30. The zero-order chi connectivity index (χ0) is 15.3. The molecule has 2 saturated carbocycles. The molecule has 2 fully saturated rings. The lowest BCUT2D eigenvalue weighted by atomic mass is 9.76. The molecule has 2 aliphatic rings. The van der Waals surface area contributed by atoms with E-state index in [2.05, 4.69) is 12.2 Å². The van der Waals surface area contributed by atoms with Crippen LogP contribution in [0.3, 0.4) is 0 Å². The Morgan fingerprint density at radius 1 is 1.00 bits per heavy atom. The molecule has 2 rings (SSSR count). The molecule has 1 atom stereocenters. The van der Waals surface area contributed by atoms with Crippen LogP contribution in [0.25, 0.3) is 0 Å². The summed E-state index contributed by atoms with van der Waals surface area (Å²) in [5.74, 6) is 0.211. The first kappa shape index (κ1) is 17.1. The Kier molecular flexibility index (Phi) is 6.39. The smallest absolute Gasteiger partial charge is 0.314 e. The van der Waals surface area contributed by atoms with E-state index in [9.17, 15) is 13.2 Å². The van der Waals surface area contributed by atoms with Gasteiger partial charge in [0.15, 0.2) is 0 Å². The molecular weight excluding hydrogens is 275 g/mol. The number of alkyl halides is 3. The van der Waals surface area contributed by atoms with Crippen molar-refractivity contribution in [2.45, 2.75) is 83.4 Å². The molecule has 1 unspecified atom stereocenters. The van der Waals surface area contributed by atoms with Gasteiger partial charge in [-0.1, -0.05) is 32.6 Å². The highest BCUT2D eigenvalue weighted by atomic mass is 19.4. The molecule has 0 bridgehead atoms. The van der Waals surface area contributed by atoms with Gasteiger partial charge in [-0.25, -0.2) is 0 Å². The van der Waals surface area contributed by atoms with E-state index in [1.807, 2.05) is 0 Å². The Morgan fingerprint density at radius 2 is 1.62 bits per heavy atom. The monoisotopic (exact) mass is 305 g/mol. The Bertz CT molecular complexity index is 289. The van der Waals surface area contributed by atoms with E-state index in [-0.39, 0.29) is 0 Å². The minimum Gasteiger partial charge on any atom is -0.314 e. The van der Waals surface area contributed by atoms with Gasteiger partial charge in [0, 0.05) is 6.04 Å². The van der Waals surface area contributed by atoms with Crippen LogP contribution in [0.5, 0.6) is 0 Å². The molecule has 4 heteroatoms. The molecular formula is C17H30F3N. The zero-order valence-electron chi connectivity index (χ0n) is 13.2. The summed E-state index contributed by atoms with van der Waals surface area (Å²) < 4.78 is 38.4. The van der Waals surface area contributed by atoms with Crippen LogP contribution in [0.1, 0.15) is 71.1 Å². The standard InChI is InChI=1S/C17H30F3N/c1-2-11-21-16(12-13-5-3-4-6-13)14-7-9-15(10-8-14)17(18,19)20/h13-16,21H,2-12H2,1H3. The third kappa shape index (κ3) is 5.15. The van der Waals surface area contributed by atoms with Crippen LogP contribution in [0.2, 0.25) is 0 Å². The number of nitrogens with one attached hydrogen (secondary N) is 1. The van der Waals surface area contributed by atoms with Crippen molar-refractivity contribution in [1.82, 2.24) is 5.32 Å². The summed E-state index contributed by atoms with van der Waals surface area (Å²) in [7, 11) is 0. The van der Waals surface area contributed by atoms with Gasteiger partial charge in [-0.2, -0.15) is 13.2 Å². The molecule has 0 radical (unpaired) electrons. The minimum absolute atomic E-state index is 0.336. The summed E-state index contributed by atoms with van der Waals surface area (Å²) in [4.78, 5) is 0. The Morgan fingerprint density at radius 3 is 2.14 bits per heavy atom. The molecule has 0 saturated heterocycles. The van der Waals surface area contributed by atoms with Crippen molar-refractivity contribution in [2.24, 2.45) is 17.8 Å². The fourth-order valence-electron chi connectivity index (χ4n) is 4.23. The molecule has 2 aliphatic carbocycles. The maximum Gasteiger partial charge on any atom is 0.391 e. The van der Waals surface area contributed by atoms with Crippen molar-refractivity contribution < 1.29 is 13.2 Å². The van der Waals surface area contributed by atoms with E-state index in [1.165, 1.54) is 32.1 Å². The van der Waals surface area contributed by atoms with E-state index in [4.69, 9.17) is 0 Å². The van der Waals surface area contributed by atoms with Crippen molar-refractivity contribution in [1.29, 1.82) is 0 Å². The van der Waals surface area contributed by atoms with Gasteiger partial charge < -0.3 is 5.32 Å². The third-order valence-corrected chi connectivity index (χ3v) is 5.52. The Labute approximate surface area is 127 Å². The van der Waals surface area contributed by atoms with Crippen LogP contribution in [0.4, 0.5) is 13.2 Å². The lowest BCUT2D eigenvalue weighted by Gasteiger charge is -2.36. The third-order valence-electron chi connectivity index (χ3n) is 5.52. The highest BCUT2D eigenvalue weighted by Crippen LogP contribution is 2.42. The van der Waals surface area contributed by atoms with E-state index < -0.39 is 12.1 Å². The van der Waals surface area contributed by atoms with Gasteiger partial charge in [0.25, 0.3) is 0 Å². The lowest BCUT2D eigenvalue weighted by molar-refractivity contribution is -0.184. The number of rotatable bonds is 6. The molecule has 0 aromatic rings. The Balaban J connectivity index is 1.85. The van der Waals surface area contributed by atoms with Gasteiger partial charge in [-0.05, 0) is 56.9 Å². The average molecular weight is 305 g/mol. The summed E-state index contributed by atoms with van der Waals surface area (Å²) in [6, 6.07) is 0.447. The van der Waals surface area contributed by atoms with Crippen molar-refractivity contribution in [3.63, 3.8) is 0 Å². The van der Waals surface area contributed by atoms with E-state index in [0.717, 1.165) is 31.7 Å². The largest absolute Gasteiger partial charge is 0.391 e. The maximum absolute atomic E-state index is 12.8. The molecule has 0 amide bonds. The summed E-state index contributed by atoms with van der Waals surface area (Å²) in [5.41, 5.74) is 0. The van der Waals surface area contributed by atoms with E-state index in [1.54, 1.807) is 0 Å². The topological polar surface area (TPSA) is 12.0 Å². The van der Waals surface area contributed by atoms with Crippen LogP contribution in [0.15, 0.2) is 0 Å². The van der Waals surface area contributed by atoms with Gasteiger partial charge >= 0.3 is 6.18 Å². The first-order chi connectivity index (χ1) is 10.0. The normalized spacial score (nSPS) is 29.7. The molecule has 0 heterocycles. The predicted molar refractivity (Wildman–Crippen MR) is 80.2 cm³/mol. The summed E-state index contributed by atoms with van der Waals surface area (Å²) in [5, 5.41) is 3.64. The molecule has 1 N–H and O–H groups in total. The average Bonchev–Trinajstić information content (AvgIpc) is 2.95. The van der Waals surface area contributed by atoms with Gasteiger partial charge in [0.1, 0.15) is 0 Å². The minimum atomic E-state index is -3.98. The van der Waals surface area contributed by atoms with Gasteiger partial charge in [0.2, 0.25) is 0 Å². The second-order valence-electron chi connectivity index (χ2n) is 7.10. The van der Waals surface area contributed by atoms with Crippen molar-refractivity contribution in [3.05, 3.63) is 0 Å². The first-order valence-corrected chi connectivity index (χ1v) is 8.80. The van der Waals surface area contributed by atoms with Crippen molar-refractivity contribution >= 4 is 0 Å².